The molecule has 0 spiro atoms. The van der Waals surface area contributed by atoms with Gasteiger partial charge in [0, 0.05) is 10.6 Å². The lowest BCUT2D eigenvalue weighted by Crippen LogP contribution is -2.08. The van der Waals surface area contributed by atoms with Crippen LogP contribution in [0.15, 0.2) is 18.2 Å². The fourth-order valence-corrected chi connectivity index (χ4v) is 1.44. The van der Waals surface area contributed by atoms with Crippen molar-refractivity contribution in [2.75, 3.05) is 0 Å². The van der Waals surface area contributed by atoms with Crippen LogP contribution in [-0.4, -0.2) is 11.1 Å². The lowest BCUT2D eigenvalue weighted by molar-refractivity contribution is -0.138. The van der Waals surface area contributed by atoms with Gasteiger partial charge < -0.3 is 5.11 Å². The Hall–Kier alpha value is -1.16. The van der Waals surface area contributed by atoms with Gasteiger partial charge in [-0.15, -0.1) is 0 Å². The van der Waals surface area contributed by atoms with Crippen LogP contribution in [0.3, 0.4) is 0 Å². The highest BCUT2D eigenvalue weighted by Crippen LogP contribution is 2.29. The molecular formula is C10H9ClF2O2. The van der Waals surface area contributed by atoms with Gasteiger partial charge in [0.05, 0.1) is 5.92 Å². The van der Waals surface area contributed by atoms with Gasteiger partial charge in [0.15, 0.2) is 0 Å². The van der Waals surface area contributed by atoms with Crippen molar-refractivity contribution >= 4 is 17.6 Å². The molecule has 0 aliphatic heterocycles. The van der Waals surface area contributed by atoms with Gasteiger partial charge in [-0.05, 0) is 24.6 Å². The molecule has 0 saturated carbocycles. The van der Waals surface area contributed by atoms with Crippen molar-refractivity contribution in [1.82, 2.24) is 0 Å². The summed E-state index contributed by atoms with van der Waals surface area (Å²) in [6.45, 7) is 1.40. The number of carboxylic acid groups (broad SMARTS) is 1. The highest BCUT2D eigenvalue weighted by molar-refractivity contribution is 6.31. The molecular weight excluding hydrogens is 226 g/mol. The average molecular weight is 235 g/mol. The van der Waals surface area contributed by atoms with Crippen LogP contribution in [0, 0.1) is 0 Å². The molecule has 0 heterocycles. The monoisotopic (exact) mass is 234 g/mol. The second kappa shape index (κ2) is 4.57. The third kappa shape index (κ3) is 2.65. The molecule has 0 aromatic heterocycles. The Labute approximate surface area is 90.5 Å². The summed E-state index contributed by atoms with van der Waals surface area (Å²) in [5.41, 5.74) is -0.00975. The zero-order valence-corrected chi connectivity index (χ0v) is 8.63. The van der Waals surface area contributed by atoms with Crippen LogP contribution >= 0.6 is 11.6 Å². The van der Waals surface area contributed by atoms with E-state index in [1.807, 2.05) is 0 Å². The van der Waals surface area contributed by atoms with E-state index in [-0.39, 0.29) is 16.1 Å². The van der Waals surface area contributed by atoms with E-state index in [9.17, 15) is 13.6 Å². The Morgan fingerprint density at radius 3 is 2.53 bits per heavy atom. The summed E-state index contributed by atoms with van der Waals surface area (Å²) in [4.78, 5) is 10.7. The Balaban J connectivity index is 3.16. The zero-order valence-electron chi connectivity index (χ0n) is 7.88. The Morgan fingerprint density at radius 2 is 2.07 bits per heavy atom. The van der Waals surface area contributed by atoms with Crippen molar-refractivity contribution in [2.24, 2.45) is 0 Å². The van der Waals surface area contributed by atoms with Gasteiger partial charge in [-0.1, -0.05) is 17.7 Å². The molecule has 1 unspecified atom stereocenters. The minimum absolute atomic E-state index is 0.189. The van der Waals surface area contributed by atoms with Crippen LogP contribution in [0.5, 0.6) is 0 Å². The van der Waals surface area contributed by atoms with Crippen LogP contribution in [0.25, 0.3) is 0 Å². The molecule has 0 radical (unpaired) electrons. The minimum Gasteiger partial charge on any atom is -0.481 e. The van der Waals surface area contributed by atoms with Crippen LogP contribution in [-0.2, 0) is 4.79 Å². The molecule has 0 aliphatic rings. The summed E-state index contributed by atoms with van der Waals surface area (Å²) < 4.78 is 24.7. The van der Waals surface area contributed by atoms with Gasteiger partial charge in [0.1, 0.15) is 0 Å². The maximum absolute atomic E-state index is 12.4. The van der Waals surface area contributed by atoms with E-state index in [4.69, 9.17) is 16.7 Å². The number of aliphatic carboxylic acids is 1. The number of carboxylic acids is 1. The number of rotatable bonds is 3. The van der Waals surface area contributed by atoms with E-state index in [1.54, 1.807) is 0 Å². The summed E-state index contributed by atoms with van der Waals surface area (Å²) in [7, 11) is 0. The Kier molecular flexibility index (Phi) is 3.63. The molecule has 0 aliphatic carbocycles. The lowest BCUT2D eigenvalue weighted by atomic mass is 9.99. The van der Waals surface area contributed by atoms with E-state index in [0.29, 0.717) is 0 Å². The van der Waals surface area contributed by atoms with Gasteiger partial charge in [-0.2, -0.15) is 0 Å². The molecule has 0 saturated heterocycles. The minimum atomic E-state index is -2.62. The predicted molar refractivity (Wildman–Crippen MR) is 52.5 cm³/mol. The Morgan fingerprint density at radius 1 is 1.47 bits per heavy atom. The van der Waals surface area contributed by atoms with Crippen molar-refractivity contribution in [3.63, 3.8) is 0 Å². The molecule has 1 rings (SSSR count). The maximum atomic E-state index is 12.4. The van der Waals surface area contributed by atoms with E-state index >= 15 is 0 Å². The number of hydrogen-bond acceptors (Lipinski definition) is 1. The summed E-state index contributed by atoms with van der Waals surface area (Å²) in [6, 6.07) is 3.61. The lowest BCUT2D eigenvalue weighted by Gasteiger charge is -2.10. The molecule has 0 fully saturated rings. The van der Waals surface area contributed by atoms with E-state index in [2.05, 4.69) is 0 Å². The number of alkyl halides is 2. The first-order chi connectivity index (χ1) is 6.93. The van der Waals surface area contributed by atoms with Crippen LogP contribution in [0.4, 0.5) is 8.78 Å². The van der Waals surface area contributed by atoms with Gasteiger partial charge in [0.25, 0.3) is 6.43 Å². The summed E-state index contributed by atoms with van der Waals surface area (Å²) in [5, 5.41) is 8.93. The molecule has 5 heteroatoms. The quantitative estimate of drug-likeness (QED) is 0.870. The molecule has 0 amide bonds. The van der Waals surface area contributed by atoms with Gasteiger partial charge in [-0.3, -0.25) is 4.79 Å². The van der Waals surface area contributed by atoms with E-state index in [1.165, 1.54) is 19.1 Å². The molecule has 1 N–H and O–H groups in total. The molecule has 15 heavy (non-hydrogen) atoms. The molecule has 2 nitrogen and oxygen atoms in total. The third-order valence-electron chi connectivity index (χ3n) is 2.11. The fourth-order valence-electron chi connectivity index (χ4n) is 1.16. The molecule has 1 aromatic rings. The first-order valence-corrected chi connectivity index (χ1v) is 4.61. The van der Waals surface area contributed by atoms with E-state index in [0.717, 1.165) is 6.07 Å². The summed E-state index contributed by atoms with van der Waals surface area (Å²) >= 11 is 5.73. The van der Waals surface area contributed by atoms with Gasteiger partial charge >= 0.3 is 5.97 Å². The maximum Gasteiger partial charge on any atom is 0.310 e. The first-order valence-electron chi connectivity index (χ1n) is 4.23. The van der Waals surface area contributed by atoms with Crippen molar-refractivity contribution < 1.29 is 18.7 Å². The topological polar surface area (TPSA) is 37.3 Å². The third-order valence-corrected chi connectivity index (χ3v) is 2.45. The Bertz CT molecular complexity index is 380. The molecule has 1 atom stereocenters. The number of benzene rings is 1. The number of hydrogen-bond donors (Lipinski definition) is 1. The van der Waals surface area contributed by atoms with Gasteiger partial charge in [0.2, 0.25) is 0 Å². The van der Waals surface area contributed by atoms with Crippen molar-refractivity contribution in [2.45, 2.75) is 19.3 Å². The average Bonchev–Trinajstić information content (AvgIpc) is 2.16. The summed E-state index contributed by atoms with van der Waals surface area (Å²) in [5.74, 6) is -1.99. The number of carbonyl (C=O) groups is 1. The molecule has 1 aromatic carbocycles. The molecule has 82 valence electrons. The zero-order chi connectivity index (χ0) is 11.6. The fraction of sp³-hybridized carbons (Fsp3) is 0.300. The molecule has 0 bridgehead atoms. The number of halogens is 3. The second-order valence-electron chi connectivity index (χ2n) is 3.14. The summed E-state index contributed by atoms with van der Waals surface area (Å²) in [6.07, 6.45) is -2.62. The first kappa shape index (κ1) is 11.9. The second-order valence-corrected chi connectivity index (χ2v) is 3.55. The van der Waals surface area contributed by atoms with Gasteiger partial charge in [-0.25, -0.2) is 8.78 Å². The highest BCUT2D eigenvalue weighted by Gasteiger charge is 2.19. The van der Waals surface area contributed by atoms with E-state index < -0.39 is 18.3 Å². The van der Waals surface area contributed by atoms with Crippen LogP contribution < -0.4 is 0 Å². The van der Waals surface area contributed by atoms with Crippen molar-refractivity contribution in [1.29, 1.82) is 0 Å². The smallest absolute Gasteiger partial charge is 0.310 e. The van der Waals surface area contributed by atoms with Crippen LogP contribution in [0.2, 0.25) is 5.02 Å². The highest BCUT2D eigenvalue weighted by atomic mass is 35.5. The van der Waals surface area contributed by atoms with Crippen molar-refractivity contribution in [3.8, 4) is 0 Å². The van der Waals surface area contributed by atoms with Crippen LogP contribution in [0.1, 0.15) is 30.4 Å². The standard InChI is InChI=1S/C10H9ClF2O2/c1-5(10(14)15)7-4-6(9(12)13)2-3-8(7)11/h2-5,9H,1H3,(H,14,15). The van der Waals surface area contributed by atoms with Crippen molar-refractivity contribution in [3.05, 3.63) is 34.3 Å². The SMILES string of the molecule is CC(C(=O)O)c1cc(C(F)F)ccc1Cl. The largest absolute Gasteiger partial charge is 0.481 e. The normalized spacial score (nSPS) is 12.9. The predicted octanol–water partition coefficient (Wildman–Crippen LogP) is 3.47.